The van der Waals surface area contributed by atoms with Crippen LogP contribution in [0.4, 0.5) is 5.69 Å². The molecule has 3 saturated heterocycles. The van der Waals surface area contributed by atoms with E-state index in [-0.39, 0.29) is 24.1 Å². The number of piperidine rings is 2. The van der Waals surface area contributed by atoms with Crippen molar-refractivity contribution in [2.24, 2.45) is 5.73 Å². The lowest BCUT2D eigenvalue weighted by Gasteiger charge is -2.44. The number of amides is 3. The van der Waals surface area contributed by atoms with Gasteiger partial charge in [0.05, 0.1) is 51.1 Å². The second-order valence-electron chi connectivity index (χ2n) is 8.57. The summed E-state index contributed by atoms with van der Waals surface area (Å²) in [4.78, 5) is 41.8. The third-order valence-corrected chi connectivity index (χ3v) is 7.29. The predicted molar refractivity (Wildman–Crippen MR) is 109 cm³/mol. The van der Waals surface area contributed by atoms with E-state index in [0.29, 0.717) is 36.6 Å². The second kappa shape index (κ2) is 8.05. The summed E-state index contributed by atoms with van der Waals surface area (Å²) in [5.41, 5.74) is 5.88. The molecule has 3 heterocycles. The molecule has 29 heavy (non-hydrogen) atoms. The average molecular weight is 421 g/mol. The number of imide groups is 1. The van der Waals surface area contributed by atoms with Crippen molar-refractivity contribution < 1.29 is 24.2 Å². The molecule has 0 aliphatic carbocycles. The van der Waals surface area contributed by atoms with Crippen LogP contribution in [0.1, 0.15) is 38.5 Å². The molecular formula is C21H29ClN4O3+2. The summed E-state index contributed by atoms with van der Waals surface area (Å²) < 4.78 is 0. The van der Waals surface area contributed by atoms with Crippen molar-refractivity contribution in [2.75, 3.05) is 31.1 Å². The molecule has 1 aromatic carbocycles. The average Bonchev–Trinajstić information content (AvgIpc) is 3.02. The normalized spacial score (nSPS) is 31.3. The van der Waals surface area contributed by atoms with Crippen molar-refractivity contribution >= 4 is 35.0 Å². The summed E-state index contributed by atoms with van der Waals surface area (Å²) in [5, 5.41) is 0.493. The standard InChI is InChI=1S/C21H27ClN4O3/c22-15-5-4-6-16(13-15)26-18(27)14-17(19(26)28)24-11-7-21(8-12-24,20(23)29)25-9-2-1-3-10-25/h4-6,13,17H,1-3,7-12,14H2,(H2,23,29)/p+2/t17-/m0/s1. The molecule has 0 radical (unpaired) electrons. The lowest BCUT2D eigenvalue weighted by Crippen LogP contribution is -3.27. The maximum absolute atomic E-state index is 13.1. The summed E-state index contributed by atoms with van der Waals surface area (Å²) in [7, 11) is 0. The van der Waals surface area contributed by atoms with E-state index in [0.717, 1.165) is 30.8 Å². The highest BCUT2D eigenvalue weighted by molar-refractivity contribution is 6.31. The van der Waals surface area contributed by atoms with Gasteiger partial charge in [-0.25, -0.2) is 4.90 Å². The third kappa shape index (κ3) is 3.67. The largest absolute Gasteiger partial charge is 0.364 e. The maximum Gasteiger partial charge on any atom is 0.292 e. The summed E-state index contributed by atoms with van der Waals surface area (Å²) in [6.45, 7) is 3.34. The first-order chi connectivity index (χ1) is 13.9. The Morgan fingerprint density at radius 2 is 1.79 bits per heavy atom. The van der Waals surface area contributed by atoms with E-state index in [2.05, 4.69) is 0 Å². The Morgan fingerprint density at radius 1 is 1.10 bits per heavy atom. The van der Waals surface area contributed by atoms with Crippen LogP contribution >= 0.6 is 11.6 Å². The number of nitrogens with zero attached hydrogens (tertiary/aromatic N) is 1. The Labute approximate surface area is 175 Å². The van der Waals surface area contributed by atoms with Crippen molar-refractivity contribution in [1.82, 2.24) is 0 Å². The first-order valence-electron chi connectivity index (χ1n) is 10.5. The Kier molecular flexibility index (Phi) is 5.64. The van der Waals surface area contributed by atoms with Crippen LogP contribution in [0.3, 0.4) is 0 Å². The van der Waals surface area contributed by atoms with Gasteiger partial charge in [-0.3, -0.25) is 14.4 Å². The van der Waals surface area contributed by atoms with Crippen molar-refractivity contribution in [3.63, 3.8) is 0 Å². The molecule has 7 nitrogen and oxygen atoms in total. The highest BCUT2D eigenvalue weighted by Crippen LogP contribution is 2.25. The number of likely N-dealkylation sites (tertiary alicyclic amines) is 2. The quantitative estimate of drug-likeness (QED) is 0.543. The van der Waals surface area contributed by atoms with Crippen LogP contribution in [0.25, 0.3) is 0 Å². The fourth-order valence-electron chi connectivity index (χ4n) is 5.42. The van der Waals surface area contributed by atoms with Gasteiger partial charge in [-0.15, -0.1) is 0 Å². The number of hydrogen-bond acceptors (Lipinski definition) is 3. The van der Waals surface area contributed by atoms with Crippen LogP contribution in [-0.4, -0.2) is 55.5 Å². The molecule has 3 amide bonds. The minimum atomic E-state index is -0.526. The Bertz CT molecular complexity index is 816. The molecule has 0 saturated carbocycles. The zero-order valence-electron chi connectivity index (χ0n) is 16.6. The van der Waals surface area contributed by atoms with Gasteiger partial charge in [0.2, 0.25) is 5.91 Å². The van der Waals surface area contributed by atoms with Crippen molar-refractivity contribution in [1.29, 1.82) is 0 Å². The third-order valence-electron chi connectivity index (χ3n) is 7.06. The number of nitrogens with two attached hydrogens (primary N) is 1. The number of rotatable bonds is 4. The fraction of sp³-hybridized carbons (Fsp3) is 0.571. The molecule has 0 spiro atoms. The van der Waals surface area contributed by atoms with Gasteiger partial charge < -0.3 is 15.5 Å². The Hall–Kier alpha value is -1.96. The van der Waals surface area contributed by atoms with Crippen LogP contribution < -0.4 is 20.4 Å². The molecular weight excluding hydrogens is 392 g/mol. The smallest absolute Gasteiger partial charge is 0.292 e. The molecule has 3 fully saturated rings. The molecule has 0 aromatic heterocycles. The number of nitrogens with one attached hydrogen (secondary N) is 2. The topological polar surface area (TPSA) is 89.3 Å². The monoisotopic (exact) mass is 420 g/mol. The molecule has 3 aliphatic rings. The Balaban J connectivity index is 1.47. The van der Waals surface area contributed by atoms with Crippen LogP contribution in [0.15, 0.2) is 24.3 Å². The van der Waals surface area contributed by atoms with E-state index in [1.165, 1.54) is 16.2 Å². The number of halogens is 1. The summed E-state index contributed by atoms with van der Waals surface area (Å²) in [6, 6.07) is 6.43. The zero-order chi connectivity index (χ0) is 20.6. The summed E-state index contributed by atoms with van der Waals surface area (Å²) >= 11 is 6.04. The van der Waals surface area contributed by atoms with E-state index in [4.69, 9.17) is 17.3 Å². The van der Waals surface area contributed by atoms with E-state index in [9.17, 15) is 14.4 Å². The van der Waals surface area contributed by atoms with Gasteiger partial charge in [0, 0.05) is 5.02 Å². The molecule has 3 aliphatic heterocycles. The van der Waals surface area contributed by atoms with Gasteiger partial charge in [-0.1, -0.05) is 17.7 Å². The molecule has 8 heteroatoms. The van der Waals surface area contributed by atoms with Crippen LogP contribution in [0, 0.1) is 0 Å². The number of carbonyl (C=O) groups is 3. The summed E-state index contributed by atoms with van der Waals surface area (Å²) in [5.74, 6) is -0.588. The van der Waals surface area contributed by atoms with Gasteiger partial charge >= 0.3 is 0 Å². The van der Waals surface area contributed by atoms with Gasteiger partial charge in [0.1, 0.15) is 0 Å². The second-order valence-corrected chi connectivity index (χ2v) is 9.01. The van der Waals surface area contributed by atoms with Gasteiger partial charge in [-0.2, -0.15) is 0 Å². The lowest BCUT2D eigenvalue weighted by atomic mass is 9.83. The van der Waals surface area contributed by atoms with Gasteiger partial charge in [-0.05, 0) is 37.5 Å². The van der Waals surface area contributed by atoms with Crippen molar-refractivity contribution in [2.45, 2.75) is 50.1 Å². The maximum atomic E-state index is 13.1. The SMILES string of the molecule is NC(=O)C1([NH+]2CCCCC2)CC[NH+]([C@H]2CC(=O)N(c3cccc(Cl)c3)C2=O)CC1. The van der Waals surface area contributed by atoms with Crippen LogP contribution in [-0.2, 0) is 14.4 Å². The molecule has 4 N–H and O–H groups in total. The molecule has 1 atom stereocenters. The first-order valence-corrected chi connectivity index (χ1v) is 10.9. The minimum Gasteiger partial charge on any atom is -0.364 e. The molecule has 0 unspecified atom stereocenters. The number of carbonyl (C=O) groups excluding carboxylic acids is 3. The number of anilines is 1. The van der Waals surface area contributed by atoms with Crippen LogP contribution in [0.5, 0.6) is 0 Å². The fourth-order valence-corrected chi connectivity index (χ4v) is 5.60. The van der Waals surface area contributed by atoms with E-state index in [1.54, 1.807) is 24.3 Å². The number of hydrogen-bond donors (Lipinski definition) is 3. The van der Waals surface area contributed by atoms with E-state index in [1.807, 2.05) is 0 Å². The Morgan fingerprint density at radius 3 is 2.41 bits per heavy atom. The first kappa shape index (κ1) is 20.3. The van der Waals surface area contributed by atoms with E-state index < -0.39 is 11.6 Å². The number of benzene rings is 1. The minimum absolute atomic E-state index is 0.177. The molecule has 1 aromatic rings. The van der Waals surface area contributed by atoms with Crippen molar-refractivity contribution in [3.05, 3.63) is 29.3 Å². The molecule has 4 rings (SSSR count). The number of quaternary nitrogens is 2. The highest BCUT2D eigenvalue weighted by atomic mass is 35.5. The zero-order valence-corrected chi connectivity index (χ0v) is 17.3. The van der Waals surface area contributed by atoms with Gasteiger partial charge in [0.15, 0.2) is 11.6 Å². The van der Waals surface area contributed by atoms with Crippen molar-refractivity contribution in [3.8, 4) is 0 Å². The van der Waals surface area contributed by atoms with Gasteiger partial charge in [0.25, 0.3) is 11.8 Å². The lowest BCUT2D eigenvalue weighted by molar-refractivity contribution is -0.978. The van der Waals surface area contributed by atoms with E-state index >= 15 is 0 Å². The molecule has 156 valence electrons. The summed E-state index contributed by atoms with van der Waals surface area (Å²) in [6.07, 6.45) is 5.01. The highest BCUT2D eigenvalue weighted by Gasteiger charge is 2.54. The molecule has 0 bridgehead atoms. The number of primary amides is 1. The van der Waals surface area contributed by atoms with Crippen LogP contribution in [0.2, 0.25) is 5.02 Å². The predicted octanol–water partition coefficient (Wildman–Crippen LogP) is -1.06.